The van der Waals surface area contributed by atoms with E-state index in [2.05, 4.69) is 21.3 Å². The number of thioether (sulfide) groups is 1. The molecule has 144 valence electrons. The van der Waals surface area contributed by atoms with E-state index in [1.165, 1.54) is 11.0 Å². The number of pyridine rings is 1. The molecule has 1 aliphatic heterocycles. The summed E-state index contributed by atoms with van der Waals surface area (Å²) in [6.07, 6.45) is 1.94. The molecule has 1 saturated heterocycles. The molecule has 0 atom stereocenters. The highest BCUT2D eigenvalue weighted by Crippen LogP contribution is 2.14. The average molecular weight is 391 g/mol. The first-order chi connectivity index (χ1) is 13.2. The zero-order valence-corrected chi connectivity index (χ0v) is 16.2. The summed E-state index contributed by atoms with van der Waals surface area (Å²) < 4.78 is 13.5. The molecule has 1 aliphatic rings. The predicted molar refractivity (Wildman–Crippen MR) is 106 cm³/mol. The number of anilines is 1. The van der Waals surface area contributed by atoms with Gasteiger partial charge in [0.2, 0.25) is 0 Å². The molecule has 27 heavy (non-hydrogen) atoms. The largest absolute Gasteiger partial charge is 0.350 e. The summed E-state index contributed by atoms with van der Waals surface area (Å²) in [5.74, 6) is 2.48. The van der Waals surface area contributed by atoms with E-state index in [1.54, 1.807) is 23.9 Å². The number of piperazine rings is 1. The molecule has 1 amide bonds. The quantitative estimate of drug-likeness (QED) is 0.642. The van der Waals surface area contributed by atoms with Crippen LogP contribution in [0.5, 0.6) is 0 Å². The first-order valence-electron chi connectivity index (χ1n) is 9.35. The van der Waals surface area contributed by atoms with E-state index in [4.69, 9.17) is 0 Å². The van der Waals surface area contributed by atoms with Gasteiger partial charge in [-0.15, -0.1) is 0 Å². The molecule has 7 heteroatoms. The van der Waals surface area contributed by atoms with Crippen molar-refractivity contribution < 1.29 is 19.1 Å². The number of nitrogens with one attached hydrogen (secondary N) is 3. The minimum atomic E-state index is -0.162. The van der Waals surface area contributed by atoms with Crippen molar-refractivity contribution in [2.45, 2.75) is 5.75 Å². The van der Waals surface area contributed by atoms with Gasteiger partial charge >= 0.3 is 0 Å². The van der Waals surface area contributed by atoms with E-state index in [-0.39, 0.29) is 11.7 Å². The third-order valence-corrected chi connectivity index (χ3v) is 5.71. The first kappa shape index (κ1) is 19.6. The topological polar surface area (TPSA) is 50.9 Å². The maximum Gasteiger partial charge on any atom is 0.275 e. The van der Waals surface area contributed by atoms with Gasteiger partial charge in [-0.05, 0) is 17.7 Å². The molecular formula is C20H27FN4OS+2. The Morgan fingerprint density at radius 1 is 1.19 bits per heavy atom. The molecule has 5 nitrogen and oxygen atoms in total. The Morgan fingerprint density at radius 2 is 1.96 bits per heavy atom. The van der Waals surface area contributed by atoms with Gasteiger partial charge in [-0.25, -0.2) is 9.37 Å². The fraction of sp³-hybridized carbons (Fsp3) is 0.400. The molecule has 0 radical (unpaired) electrons. The van der Waals surface area contributed by atoms with Gasteiger partial charge in [0.15, 0.2) is 6.54 Å². The maximum atomic E-state index is 13.5. The van der Waals surface area contributed by atoms with Crippen molar-refractivity contribution in [3.63, 3.8) is 0 Å². The number of hydrogen-bond donors (Lipinski definition) is 2. The zero-order valence-electron chi connectivity index (χ0n) is 15.4. The van der Waals surface area contributed by atoms with Crippen molar-refractivity contribution in [2.75, 3.05) is 49.9 Å². The van der Waals surface area contributed by atoms with Crippen molar-refractivity contribution in [1.29, 1.82) is 0 Å². The van der Waals surface area contributed by atoms with Gasteiger partial charge in [0.1, 0.15) is 32.0 Å². The smallest absolute Gasteiger partial charge is 0.275 e. The average Bonchev–Trinajstić information content (AvgIpc) is 2.70. The van der Waals surface area contributed by atoms with Crippen LogP contribution in [0.3, 0.4) is 0 Å². The minimum absolute atomic E-state index is 0.0937. The van der Waals surface area contributed by atoms with Gasteiger partial charge in [-0.3, -0.25) is 9.69 Å². The fourth-order valence-electron chi connectivity index (χ4n) is 3.17. The van der Waals surface area contributed by atoms with Gasteiger partial charge in [-0.1, -0.05) is 24.3 Å². The number of quaternary nitrogens is 1. The Labute approximate surface area is 164 Å². The van der Waals surface area contributed by atoms with E-state index < -0.39 is 0 Å². The van der Waals surface area contributed by atoms with Gasteiger partial charge in [-0.2, -0.15) is 11.8 Å². The molecule has 3 rings (SSSR count). The second kappa shape index (κ2) is 10.3. The highest BCUT2D eigenvalue weighted by Gasteiger charge is 2.26. The summed E-state index contributed by atoms with van der Waals surface area (Å²) in [7, 11) is 0. The lowest BCUT2D eigenvalue weighted by molar-refractivity contribution is -0.892. The van der Waals surface area contributed by atoms with E-state index in [0.717, 1.165) is 37.7 Å². The van der Waals surface area contributed by atoms with Gasteiger partial charge in [0, 0.05) is 24.1 Å². The Balaban J connectivity index is 1.28. The van der Waals surface area contributed by atoms with Crippen molar-refractivity contribution in [3.8, 4) is 0 Å². The van der Waals surface area contributed by atoms with E-state index in [9.17, 15) is 9.18 Å². The normalized spacial score (nSPS) is 14.9. The molecule has 0 aliphatic carbocycles. The van der Waals surface area contributed by atoms with Gasteiger partial charge < -0.3 is 10.2 Å². The summed E-state index contributed by atoms with van der Waals surface area (Å²) in [4.78, 5) is 19.0. The second-order valence-corrected chi connectivity index (χ2v) is 7.76. The Morgan fingerprint density at radius 3 is 2.70 bits per heavy atom. The fourth-order valence-corrected chi connectivity index (χ4v) is 4.02. The van der Waals surface area contributed by atoms with Crippen LogP contribution in [0.2, 0.25) is 0 Å². The molecule has 0 unspecified atom stereocenters. The lowest BCUT2D eigenvalue weighted by atomic mass is 10.2. The van der Waals surface area contributed by atoms with Crippen LogP contribution < -0.4 is 20.1 Å². The number of aromatic nitrogens is 1. The molecule has 0 spiro atoms. The van der Waals surface area contributed by atoms with E-state index in [1.807, 2.05) is 24.4 Å². The second-order valence-electron chi connectivity index (χ2n) is 6.66. The number of halogens is 1. The first-order valence-corrected chi connectivity index (χ1v) is 10.5. The third-order valence-electron chi connectivity index (χ3n) is 4.70. The summed E-state index contributed by atoms with van der Waals surface area (Å²) in [5, 5.41) is 2.98. The molecular weight excluding hydrogens is 363 g/mol. The Hall–Kier alpha value is -2.12. The molecule has 0 saturated carbocycles. The van der Waals surface area contributed by atoms with Crippen LogP contribution in [-0.4, -0.2) is 50.9 Å². The summed E-state index contributed by atoms with van der Waals surface area (Å²) in [5.41, 5.74) is 0.715. The SMILES string of the molecule is O=C(C[NH+]1CCN(c2cccc[nH+]2)CC1)NCCSCc1ccccc1F. The standard InChI is InChI=1S/C20H25FN4OS/c21-18-6-2-1-5-17(18)16-27-14-9-23-20(26)15-24-10-12-25(13-11-24)19-7-3-4-8-22-19/h1-8H,9-16H2,(H,23,26)/p+2. The highest BCUT2D eigenvalue weighted by molar-refractivity contribution is 7.98. The zero-order chi connectivity index (χ0) is 18.9. The number of H-pyrrole nitrogens is 1. The van der Waals surface area contributed by atoms with Crippen LogP contribution in [0, 0.1) is 5.82 Å². The van der Waals surface area contributed by atoms with Crippen LogP contribution >= 0.6 is 11.8 Å². The minimum Gasteiger partial charge on any atom is -0.350 e. The monoisotopic (exact) mass is 390 g/mol. The van der Waals surface area contributed by atoms with E-state index >= 15 is 0 Å². The highest BCUT2D eigenvalue weighted by atomic mass is 32.2. The third kappa shape index (κ3) is 6.22. The number of carbonyl (C=O) groups excluding carboxylic acids is 1. The molecule has 1 aromatic carbocycles. The Bertz CT molecular complexity index is 723. The van der Waals surface area contributed by atoms with E-state index in [0.29, 0.717) is 24.4 Å². The number of rotatable bonds is 8. The molecule has 3 N–H and O–H groups in total. The molecule has 2 heterocycles. The maximum absolute atomic E-state index is 13.5. The van der Waals surface area contributed by atoms with Crippen LogP contribution in [0.1, 0.15) is 5.56 Å². The lowest BCUT2D eigenvalue weighted by Gasteiger charge is -2.27. The van der Waals surface area contributed by atoms with Crippen molar-refractivity contribution in [1.82, 2.24) is 5.32 Å². The predicted octanol–water partition coefficient (Wildman–Crippen LogP) is 0.394. The molecule has 2 aromatic rings. The summed E-state index contributed by atoms with van der Waals surface area (Å²) in [6.45, 7) is 4.94. The van der Waals surface area contributed by atoms with Crippen LogP contribution in [0.4, 0.5) is 10.2 Å². The van der Waals surface area contributed by atoms with Crippen LogP contribution in [0.15, 0.2) is 48.7 Å². The lowest BCUT2D eigenvalue weighted by Crippen LogP contribution is -3.16. The van der Waals surface area contributed by atoms with Crippen LogP contribution in [0.25, 0.3) is 0 Å². The van der Waals surface area contributed by atoms with Gasteiger partial charge in [0.05, 0.1) is 6.20 Å². The molecule has 1 aromatic heterocycles. The molecule has 1 fully saturated rings. The van der Waals surface area contributed by atoms with Crippen molar-refractivity contribution in [3.05, 3.63) is 60.0 Å². The molecule has 0 bridgehead atoms. The number of aromatic amines is 1. The number of carbonyl (C=O) groups is 1. The number of amides is 1. The van der Waals surface area contributed by atoms with Crippen LogP contribution in [-0.2, 0) is 10.5 Å². The number of hydrogen-bond acceptors (Lipinski definition) is 3. The van der Waals surface area contributed by atoms with Gasteiger partial charge in [0.25, 0.3) is 11.7 Å². The Kier molecular flexibility index (Phi) is 7.47. The summed E-state index contributed by atoms with van der Waals surface area (Å²) in [6, 6.07) is 12.9. The van der Waals surface area contributed by atoms with Crippen molar-refractivity contribution >= 4 is 23.5 Å². The number of nitrogens with zero attached hydrogens (tertiary/aromatic N) is 1. The summed E-state index contributed by atoms with van der Waals surface area (Å²) >= 11 is 1.63. The number of benzene rings is 1. The van der Waals surface area contributed by atoms with Crippen molar-refractivity contribution in [2.24, 2.45) is 0 Å².